The number of nitrogens with one attached hydrogen (secondary N) is 1. The van der Waals surface area contributed by atoms with Crippen molar-refractivity contribution in [2.45, 2.75) is 19.9 Å². The van der Waals surface area contributed by atoms with Crippen molar-refractivity contribution in [1.82, 2.24) is 25.0 Å². The van der Waals surface area contributed by atoms with Gasteiger partial charge in [0.2, 0.25) is 0 Å². The molecule has 1 saturated heterocycles. The van der Waals surface area contributed by atoms with E-state index in [1.807, 2.05) is 44.2 Å². The van der Waals surface area contributed by atoms with Gasteiger partial charge in [0.25, 0.3) is 11.5 Å². The summed E-state index contributed by atoms with van der Waals surface area (Å²) < 4.78 is 6.81. The van der Waals surface area contributed by atoms with Crippen LogP contribution < -0.4 is 10.9 Å². The van der Waals surface area contributed by atoms with Gasteiger partial charge < -0.3 is 10.1 Å². The summed E-state index contributed by atoms with van der Waals surface area (Å²) in [4.78, 5) is 32.7. The lowest BCUT2D eigenvalue weighted by Crippen LogP contribution is -2.41. The van der Waals surface area contributed by atoms with E-state index in [-0.39, 0.29) is 17.5 Å². The number of carbonyl (C=O) groups excluding carboxylic acids is 1. The first-order valence-electron chi connectivity index (χ1n) is 10.8. The minimum atomic E-state index is -0.205. The minimum absolute atomic E-state index is 0.0708. The second kappa shape index (κ2) is 10.2. The molecule has 0 radical (unpaired) electrons. The van der Waals surface area contributed by atoms with Gasteiger partial charge in [-0.25, -0.2) is 9.67 Å². The summed E-state index contributed by atoms with van der Waals surface area (Å²) in [7, 11) is 0. The van der Waals surface area contributed by atoms with Gasteiger partial charge in [0.05, 0.1) is 29.8 Å². The Morgan fingerprint density at radius 3 is 2.62 bits per heavy atom. The maximum Gasteiger partial charge on any atom is 0.280 e. The largest absolute Gasteiger partial charge is 0.379 e. The van der Waals surface area contributed by atoms with E-state index in [1.54, 1.807) is 6.07 Å². The Balaban J connectivity index is 1.61. The summed E-state index contributed by atoms with van der Waals surface area (Å²) in [5, 5.41) is 7.91. The molecule has 168 valence electrons. The van der Waals surface area contributed by atoms with Crippen molar-refractivity contribution in [2.24, 2.45) is 0 Å². The van der Waals surface area contributed by atoms with Gasteiger partial charge in [-0.3, -0.25) is 14.5 Å². The van der Waals surface area contributed by atoms with Crippen molar-refractivity contribution >= 4 is 17.2 Å². The number of morpholine rings is 1. The summed E-state index contributed by atoms with van der Waals surface area (Å²) >= 11 is 1.29. The van der Waals surface area contributed by atoms with Crippen LogP contribution in [0.3, 0.4) is 0 Å². The van der Waals surface area contributed by atoms with E-state index in [0.29, 0.717) is 22.9 Å². The maximum absolute atomic E-state index is 12.9. The number of aromatic nitrogens is 3. The van der Waals surface area contributed by atoms with E-state index in [4.69, 9.17) is 4.74 Å². The normalized spacial score (nSPS) is 14.6. The lowest BCUT2D eigenvalue weighted by atomic mass is 10.1. The zero-order valence-electron chi connectivity index (χ0n) is 18.3. The van der Waals surface area contributed by atoms with Crippen LogP contribution >= 0.6 is 11.3 Å². The summed E-state index contributed by atoms with van der Waals surface area (Å²) in [5.41, 5.74) is 2.06. The Morgan fingerprint density at radius 2 is 1.91 bits per heavy atom. The average molecular weight is 454 g/mol. The Hall–Kier alpha value is -2.88. The standard InChI is InChI=1S/C23H27N5O3S/c1-16(2)28-19(29)9-8-18(26-28)21-20(17-6-4-3-5-7-17)25-23(32-21)22(30)24-10-11-27-12-14-31-15-13-27/h3-9,16H,10-15H2,1-2H3,(H,24,30). The van der Waals surface area contributed by atoms with E-state index >= 15 is 0 Å². The molecule has 2 aromatic heterocycles. The van der Waals surface area contributed by atoms with Crippen LogP contribution in [0, 0.1) is 0 Å². The molecule has 4 rings (SSSR count). The number of rotatable bonds is 7. The molecule has 0 unspecified atom stereocenters. The molecule has 0 saturated carbocycles. The van der Waals surface area contributed by atoms with Gasteiger partial charge in [-0.1, -0.05) is 30.3 Å². The molecule has 1 aliphatic rings. The summed E-state index contributed by atoms with van der Waals surface area (Å²) in [6.45, 7) is 8.38. The van der Waals surface area contributed by atoms with Gasteiger partial charge in [-0.05, 0) is 19.9 Å². The number of hydrogen-bond donors (Lipinski definition) is 1. The quantitative estimate of drug-likeness (QED) is 0.592. The molecule has 1 N–H and O–H groups in total. The molecule has 1 amide bonds. The lowest BCUT2D eigenvalue weighted by molar-refractivity contribution is 0.0383. The number of nitrogens with zero attached hydrogens (tertiary/aromatic N) is 4. The van der Waals surface area contributed by atoms with Gasteiger partial charge in [-0.15, -0.1) is 11.3 Å². The molecule has 8 nitrogen and oxygen atoms in total. The molecule has 9 heteroatoms. The number of carbonyl (C=O) groups is 1. The highest BCUT2D eigenvalue weighted by Gasteiger charge is 2.21. The van der Waals surface area contributed by atoms with E-state index in [0.717, 1.165) is 43.3 Å². The predicted molar refractivity (Wildman–Crippen MR) is 125 cm³/mol. The van der Waals surface area contributed by atoms with E-state index < -0.39 is 0 Å². The molecule has 0 bridgehead atoms. The topological polar surface area (TPSA) is 89.3 Å². The van der Waals surface area contributed by atoms with Crippen LogP contribution in [0.5, 0.6) is 0 Å². The number of benzene rings is 1. The van der Waals surface area contributed by atoms with Crippen molar-refractivity contribution in [3.8, 4) is 21.8 Å². The first kappa shape index (κ1) is 22.3. The average Bonchev–Trinajstić information content (AvgIpc) is 3.26. The van der Waals surface area contributed by atoms with Crippen LogP contribution in [0.25, 0.3) is 21.8 Å². The molecule has 32 heavy (non-hydrogen) atoms. The van der Waals surface area contributed by atoms with Crippen LogP contribution in [0.15, 0.2) is 47.3 Å². The van der Waals surface area contributed by atoms with Gasteiger partial charge >= 0.3 is 0 Å². The fraction of sp³-hybridized carbons (Fsp3) is 0.391. The molecule has 0 atom stereocenters. The Labute approximate surface area is 190 Å². The molecule has 0 spiro atoms. The van der Waals surface area contributed by atoms with Crippen LogP contribution in [0.4, 0.5) is 0 Å². The SMILES string of the molecule is CC(C)n1nc(-c2sc(C(=O)NCCN3CCOCC3)nc2-c2ccccc2)ccc1=O. The molecular formula is C23H27N5O3S. The second-order valence-corrected chi connectivity index (χ2v) is 8.87. The number of thiazole rings is 1. The maximum atomic E-state index is 12.9. The molecule has 3 aromatic rings. The van der Waals surface area contributed by atoms with Crippen molar-refractivity contribution in [3.05, 3.63) is 57.8 Å². The van der Waals surface area contributed by atoms with E-state index in [2.05, 4.69) is 20.3 Å². The first-order chi connectivity index (χ1) is 15.5. The molecule has 0 aliphatic carbocycles. The van der Waals surface area contributed by atoms with Gasteiger partial charge in [0.15, 0.2) is 5.01 Å². The number of amides is 1. The van der Waals surface area contributed by atoms with Crippen molar-refractivity contribution < 1.29 is 9.53 Å². The second-order valence-electron chi connectivity index (χ2n) is 7.87. The molecule has 1 aliphatic heterocycles. The highest BCUT2D eigenvalue weighted by atomic mass is 32.1. The van der Waals surface area contributed by atoms with Crippen molar-refractivity contribution in [3.63, 3.8) is 0 Å². The highest BCUT2D eigenvalue weighted by molar-refractivity contribution is 7.17. The first-order valence-corrected chi connectivity index (χ1v) is 11.6. The van der Waals surface area contributed by atoms with Gasteiger partial charge in [0.1, 0.15) is 5.69 Å². The van der Waals surface area contributed by atoms with Crippen LogP contribution in [-0.2, 0) is 4.74 Å². The lowest BCUT2D eigenvalue weighted by Gasteiger charge is -2.26. The zero-order chi connectivity index (χ0) is 22.5. The summed E-state index contributed by atoms with van der Waals surface area (Å²) in [6.07, 6.45) is 0. The van der Waals surface area contributed by atoms with Crippen LogP contribution in [0.1, 0.15) is 29.7 Å². The Bertz CT molecular complexity index is 1120. The summed E-state index contributed by atoms with van der Waals surface area (Å²) in [5.74, 6) is -0.205. The minimum Gasteiger partial charge on any atom is -0.379 e. The van der Waals surface area contributed by atoms with Gasteiger partial charge in [-0.2, -0.15) is 5.10 Å². The number of hydrogen-bond acceptors (Lipinski definition) is 7. The van der Waals surface area contributed by atoms with Crippen molar-refractivity contribution in [2.75, 3.05) is 39.4 Å². The Morgan fingerprint density at radius 1 is 1.16 bits per heavy atom. The monoisotopic (exact) mass is 453 g/mol. The third kappa shape index (κ3) is 5.12. The third-order valence-electron chi connectivity index (χ3n) is 5.23. The van der Waals surface area contributed by atoms with Crippen LogP contribution in [0.2, 0.25) is 0 Å². The van der Waals surface area contributed by atoms with Gasteiger partial charge in [0, 0.05) is 37.8 Å². The fourth-order valence-electron chi connectivity index (χ4n) is 3.53. The van der Waals surface area contributed by atoms with E-state index in [9.17, 15) is 9.59 Å². The highest BCUT2D eigenvalue weighted by Crippen LogP contribution is 2.35. The molecule has 3 heterocycles. The predicted octanol–water partition coefficient (Wildman–Crippen LogP) is 2.68. The molecule has 1 fully saturated rings. The molecular weight excluding hydrogens is 426 g/mol. The van der Waals surface area contributed by atoms with E-state index in [1.165, 1.54) is 22.1 Å². The third-order valence-corrected chi connectivity index (χ3v) is 6.31. The molecule has 1 aromatic carbocycles. The van der Waals surface area contributed by atoms with Crippen LogP contribution in [-0.4, -0.2) is 65.0 Å². The smallest absolute Gasteiger partial charge is 0.280 e. The van der Waals surface area contributed by atoms with Crippen molar-refractivity contribution in [1.29, 1.82) is 0 Å². The zero-order valence-corrected chi connectivity index (χ0v) is 19.1. The summed E-state index contributed by atoms with van der Waals surface area (Å²) in [6, 6.07) is 12.9. The Kier molecular flexibility index (Phi) is 7.09. The number of ether oxygens (including phenoxy) is 1. The fourth-order valence-corrected chi connectivity index (χ4v) is 4.50.